The van der Waals surface area contributed by atoms with E-state index in [0.717, 1.165) is 0 Å². The van der Waals surface area contributed by atoms with Gasteiger partial charge in [-0.3, -0.25) is 4.99 Å². The Morgan fingerprint density at radius 2 is 2.31 bits per heavy atom. The first-order valence-corrected chi connectivity index (χ1v) is 4.13. The second kappa shape index (κ2) is 3.60. The highest BCUT2D eigenvalue weighted by molar-refractivity contribution is 6.19. The van der Waals surface area contributed by atoms with Crippen molar-refractivity contribution in [1.82, 2.24) is 0 Å². The summed E-state index contributed by atoms with van der Waals surface area (Å²) >= 11 is 0. The van der Waals surface area contributed by atoms with Crippen LogP contribution in [0.5, 0.6) is 0 Å². The number of cyclic esters (lactones) is 1. The molecular weight excluding hydrogens is 170 g/mol. The molecule has 4 nitrogen and oxygen atoms in total. The standard InChI is InChI=1S/C9H13NO3/c1-5-4-7(11)8(6(2)10-3)9(12)13-5/h5,11H,4H2,1-3H3. The summed E-state index contributed by atoms with van der Waals surface area (Å²) in [7, 11) is 1.57. The molecule has 0 aromatic heterocycles. The Morgan fingerprint density at radius 1 is 1.69 bits per heavy atom. The van der Waals surface area contributed by atoms with E-state index < -0.39 is 5.97 Å². The van der Waals surface area contributed by atoms with E-state index in [2.05, 4.69) is 4.99 Å². The van der Waals surface area contributed by atoms with Gasteiger partial charge < -0.3 is 9.84 Å². The number of hydrogen-bond acceptors (Lipinski definition) is 4. The maximum absolute atomic E-state index is 11.3. The van der Waals surface area contributed by atoms with Crippen molar-refractivity contribution in [1.29, 1.82) is 0 Å². The highest BCUT2D eigenvalue weighted by atomic mass is 16.5. The number of aliphatic hydroxyl groups excluding tert-OH is 1. The minimum Gasteiger partial charge on any atom is -0.511 e. The fourth-order valence-corrected chi connectivity index (χ4v) is 1.24. The zero-order valence-corrected chi connectivity index (χ0v) is 8.00. The summed E-state index contributed by atoms with van der Waals surface area (Å²) in [6.07, 6.45) is 0.120. The van der Waals surface area contributed by atoms with Crippen molar-refractivity contribution in [3.63, 3.8) is 0 Å². The Morgan fingerprint density at radius 3 is 2.77 bits per heavy atom. The number of aliphatic imine (C=N–C) groups is 1. The molecule has 13 heavy (non-hydrogen) atoms. The SMILES string of the molecule is CN=C(C)C1=C(O)CC(C)OC1=O. The predicted octanol–water partition coefficient (Wildman–Crippen LogP) is 1.22. The summed E-state index contributed by atoms with van der Waals surface area (Å²) < 4.78 is 4.95. The maximum Gasteiger partial charge on any atom is 0.343 e. The summed E-state index contributed by atoms with van der Waals surface area (Å²) in [4.78, 5) is 15.1. The number of carbonyl (C=O) groups is 1. The van der Waals surface area contributed by atoms with Gasteiger partial charge in [-0.1, -0.05) is 0 Å². The number of nitrogens with zero attached hydrogens (tertiary/aromatic N) is 1. The minimum absolute atomic E-state index is 0.0758. The van der Waals surface area contributed by atoms with Gasteiger partial charge in [0.15, 0.2) is 0 Å². The van der Waals surface area contributed by atoms with E-state index in [1.54, 1.807) is 20.9 Å². The third-order valence-corrected chi connectivity index (χ3v) is 1.98. The third kappa shape index (κ3) is 1.88. The molecule has 1 aliphatic rings. The summed E-state index contributed by atoms with van der Waals surface area (Å²) in [5.41, 5.74) is 0.718. The topological polar surface area (TPSA) is 58.9 Å². The first-order chi connectivity index (χ1) is 6.06. The van der Waals surface area contributed by atoms with E-state index in [0.29, 0.717) is 12.1 Å². The maximum atomic E-state index is 11.3. The van der Waals surface area contributed by atoms with Crippen LogP contribution in [0.2, 0.25) is 0 Å². The van der Waals surface area contributed by atoms with Gasteiger partial charge in [-0.2, -0.15) is 0 Å². The van der Waals surface area contributed by atoms with Crippen molar-refractivity contribution in [2.45, 2.75) is 26.4 Å². The molecule has 0 saturated heterocycles. The fourth-order valence-electron chi connectivity index (χ4n) is 1.24. The molecule has 1 aliphatic heterocycles. The normalized spacial score (nSPS) is 24.7. The molecular formula is C9H13NO3. The number of esters is 1. The van der Waals surface area contributed by atoms with Gasteiger partial charge in [0.05, 0.1) is 0 Å². The molecule has 0 fully saturated rings. The van der Waals surface area contributed by atoms with E-state index in [4.69, 9.17) is 4.74 Å². The van der Waals surface area contributed by atoms with Gasteiger partial charge in [-0.05, 0) is 13.8 Å². The van der Waals surface area contributed by atoms with Crippen LogP contribution in [0.4, 0.5) is 0 Å². The average molecular weight is 183 g/mol. The molecule has 0 saturated carbocycles. The van der Waals surface area contributed by atoms with E-state index in [-0.39, 0.29) is 17.4 Å². The first kappa shape index (κ1) is 9.77. The Kier molecular flexibility index (Phi) is 2.70. The lowest BCUT2D eigenvalue weighted by atomic mass is 10.0. The zero-order chi connectivity index (χ0) is 10.0. The van der Waals surface area contributed by atoms with Crippen LogP contribution in [-0.4, -0.2) is 29.9 Å². The van der Waals surface area contributed by atoms with E-state index in [9.17, 15) is 9.90 Å². The van der Waals surface area contributed by atoms with E-state index >= 15 is 0 Å². The van der Waals surface area contributed by atoms with Crippen LogP contribution < -0.4 is 0 Å². The molecule has 0 aromatic rings. The average Bonchev–Trinajstić information content (AvgIpc) is 2.02. The van der Waals surface area contributed by atoms with Crippen LogP contribution in [0.15, 0.2) is 16.3 Å². The number of carbonyl (C=O) groups excluding carboxylic acids is 1. The molecule has 0 amide bonds. The van der Waals surface area contributed by atoms with Crippen LogP contribution in [0.3, 0.4) is 0 Å². The highest BCUT2D eigenvalue weighted by Crippen LogP contribution is 2.20. The Labute approximate surface area is 76.9 Å². The predicted molar refractivity (Wildman–Crippen MR) is 48.9 cm³/mol. The molecule has 1 rings (SSSR count). The number of ether oxygens (including phenoxy) is 1. The largest absolute Gasteiger partial charge is 0.511 e. The molecule has 1 N–H and O–H groups in total. The molecule has 4 heteroatoms. The second-order valence-electron chi connectivity index (χ2n) is 3.05. The lowest BCUT2D eigenvalue weighted by molar-refractivity contribution is -0.144. The van der Waals surface area contributed by atoms with Crippen molar-refractivity contribution in [2.75, 3.05) is 7.05 Å². The van der Waals surface area contributed by atoms with Gasteiger partial charge in [-0.25, -0.2) is 4.79 Å². The minimum atomic E-state index is -0.487. The van der Waals surface area contributed by atoms with Gasteiger partial charge in [0, 0.05) is 19.2 Å². The Hall–Kier alpha value is -1.32. The van der Waals surface area contributed by atoms with Gasteiger partial charge in [0.2, 0.25) is 0 Å². The number of rotatable bonds is 1. The van der Waals surface area contributed by atoms with Crippen molar-refractivity contribution >= 4 is 11.7 Å². The zero-order valence-electron chi connectivity index (χ0n) is 8.00. The first-order valence-electron chi connectivity index (χ1n) is 4.13. The van der Waals surface area contributed by atoms with Crippen molar-refractivity contribution in [2.24, 2.45) is 4.99 Å². The number of aliphatic hydroxyl groups is 1. The van der Waals surface area contributed by atoms with Crippen LogP contribution >= 0.6 is 0 Å². The molecule has 0 spiro atoms. The van der Waals surface area contributed by atoms with E-state index in [1.807, 2.05) is 0 Å². The molecule has 0 bridgehead atoms. The van der Waals surface area contributed by atoms with Gasteiger partial charge in [-0.15, -0.1) is 0 Å². The van der Waals surface area contributed by atoms with Crippen molar-refractivity contribution in [3.05, 3.63) is 11.3 Å². The Balaban J connectivity index is 3.05. The summed E-state index contributed by atoms with van der Waals surface area (Å²) in [6.45, 7) is 3.41. The molecule has 0 aromatic carbocycles. The van der Waals surface area contributed by atoms with E-state index in [1.165, 1.54) is 0 Å². The molecule has 72 valence electrons. The van der Waals surface area contributed by atoms with Gasteiger partial charge >= 0.3 is 5.97 Å². The summed E-state index contributed by atoms with van der Waals surface area (Å²) in [6, 6.07) is 0. The highest BCUT2D eigenvalue weighted by Gasteiger charge is 2.27. The third-order valence-electron chi connectivity index (χ3n) is 1.98. The summed E-state index contributed by atoms with van der Waals surface area (Å²) in [5, 5.41) is 9.51. The van der Waals surface area contributed by atoms with Crippen LogP contribution in [-0.2, 0) is 9.53 Å². The Bertz CT molecular complexity index is 291. The monoisotopic (exact) mass is 183 g/mol. The molecule has 1 unspecified atom stereocenters. The van der Waals surface area contributed by atoms with Gasteiger partial charge in [0.1, 0.15) is 17.4 Å². The smallest absolute Gasteiger partial charge is 0.343 e. The van der Waals surface area contributed by atoms with Crippen molar-refractivity contribution in [3.8, 4) is 0 Å². The number of hydrogen-bond donors (Lipinski definition) is 1. The molecule has 1 atom stereocenters. The van der Waals surface area contributed by atoms with Crippen LogP contribution in [0.25, 0.3) is 0 Å². The molecule has 1 heterocycles. The van der Waals surface area contributed by atoms with Crippen LogP contribution in [0, 0.1) is 0 Å². The lowest BCUT2D eigenvalue weighted by Gasteiger charge is -2.21. The quantitative estimate of drug-likeness (QED) is 0.491. The molecule has 0 aliphatic carbocycles. The lowest BCUT2D eigenvalue weighted by Crippen LogP contribution is -2.27. The van der Waals surface area contributed by atoms with Crippen molar-refractivity contribution < 1.29 is 14.6 Å². The summed E-state index contributed by atoms with van der Waals surface area (Å²) in [5.74, 6) is -0.411. The fraction of sp³-hybridized carbons (Fsp3) is 0.556. The molecule has 0 radical (unpaired) electrons. The second-order valence-corrected chi connectivity index (χ2v) is 3.05. The van der Waals surface area contributed by atoms with Gasteiger partial charge in [0.25, 0.3) is 0 Å². The van der Waals surface area contributed by atoms with Crippen LogP contribution in [0.1, 0.15) is 20.3 Å².